The molecule has 0 saturated heterocycles. The van der Waals surface area contributed by atoms with Crippen LogP contribution in [0, 0.1) is 0 Å². The lowest BCUT2D eigenvalue weighted by Crippen LogP contribution is -2.17. The molecule has 7 heteroatoms. The normalized spacial score (nSPS) is 10.8. The number of hydrogen-bond acceptors (Lipinski definition) is 3. The second kappa shape index (κ2) is 6.80. The smallest absolute Gasteiger partial charge is 0.275 e. The van der Waals surface area contributed by atoms with Crippen molar-refractivity contribution in [3.8, 4) is 5.75 Å². The van der Waals surface area contributed by atoms with E-state index in [1.807, 2.05) is 0 Å². The molecule has 2 rings (SSSR count). The summed E-state index contributed by atoms with van der Waals surface area (Å²) in [4.78, 5) is 11.8. The third-order valence-corrected chi connectivity index (χ3v) is 3.62. The summed E-state index contributed by atoms with van der Waals surface area (Å²) in [6.07, 6.45) is 1.36. The second-order valence-corrected chi connectivity index (χ2v) is 5.23. The molecule has 0 atom stereocenters. The minimum absolute atomic E-state index is 0.0636. The lowest BCUT2D eigenvalue weighted by molar-refractivity contribution is 0.0952. The Labute approximate surface area is 135 Å². The third-order valence-electron chi connectivity index (χ3n) is 2.56. The largest absolute Gasteiger partial charge is 0.507 e. The van der Waals surface area contributed by atoms with Gasteiger partial charge in [0.1, 0.15) is 5.75 Å². The van der Waals surface area contributed by atoms with Gasteiger partial charge in [-0.15, -0.1) is 0 Å². The van der Waals surface area contributed by atoms with Gasteiger partial charge in [-0.25, -0.2) is 5.43 Å². The lowest BCUT2D eigenvalue weighted by Gasteiger charge is -2.03. The number of phenolic OH excluding ortho intramolecular Hbond substituents is 1. The van der Waals surface area contributed by atoms with Crippen LogP contribution in [0.1, 0.15) is 15.9 Å². The van der Waals surface area contributed by atoms with Crippen molar-refractivity contribution >= 4 is 46.9 Å². The number of aromatic hydroxyl groups is 1. The van der Waals surface area contributed by atoms with Crippen molar-refractivity contribution in [3.05, 3.63) is 62.6 Å². The zero-order valence-electron chi connectivity index (χ0n) is 10.5. The van der Waals surface area contributed by atoms with Crippen LogP contribution in [-0.4, -0.2) is 17.2 Å². The lowest BCUT2D eigenvalue weighted by atomic mass is 10.2. The van der Waals surface area contributed by atoms with Crippen molar-refractivity contribution in [3.63, 3.8) is 0 Å². The summed E-state index contributed by atoms with van der Waals surface area (Å²) in [5, 5.41) is 14.5. The zero-order chi connectivity index (χ0) is 15.4. The van der Waals surface area contributed by atoms with Crippen LogP contribution in [0.4, 0.5) is 0 Å². The van der Waals surface area contributed by atoms with Gasteiger partial charge in [-0.2, -0.15) is 5.10 Å². The van der Waals surface area contributed by atoms with Crippen LogP contribution in [0.2, 0.25) is 15.1 Å². The van der Waals surface area contributed by atoms with E-state index >= 15 is 0 Å². The van der Waals surface area contributed by atoms with E-state index in [2.05, 4.69) is 10.5 Å². The Hall–Kier alpha value is -1.75. The van der Waals surface area contributed by atoms with Crippen molar-refractivity contribution in [2.75, 3.05) is 0 Å². The molecule has 4 nitrogen and oxygen atoms in total. The first-order chi connectivity index (χ1) is 9.99. The summed E-state index contributed by atoms with van der Waals surface area (Å²) in [6.45, 7) is 0. The van der Waals surface area contributed by atoms with Crippen LogP contribution in [0.15, 0.2) is 41.5 Å². The van der Waals surface area contributed by atoms with Crippen molar-refractivity contribution in [2.45, 2.75) is 0 Å². The Morgan fingerprint density at radius 3 is 2.67 bits per heavy atom. The molecule has 108 valence electrons. The highest BCUT2D eigenvalue weighted by Crippen LogP contribution is 2.24. The molecule has 0 spiro atoms. The van der Waals surface area contributed by atoms with Gasteiger partial charge >= 0.3 is 0 Å². The van der Waals surface area contributed by atoms with Gasteiger partial charge in [-0.3, -0.25) is 4.79 Å². The van der Waals surface area contributed by atoms with Crippen LogP contribution in [0.5, 0.6) is 5.75 Å². The van der Waals surface area contributed by atoms with Crippen LogP contribution in [0.25, 0.3) is 0 Å². The molecular formula is C14H9Cl3N2O2. The van der Waals surface area contributed by atoms with Crippen molar-refractivity contribution < 1.29 is 9.90 Å². The summed E-state index contributed by atoms with van der Waals surface area (Å²) in [5.74, 6) is -0.797. The molecule has 0 heterocycles. The number of carbonyl (C=O) groups is 1. The predicted octanol–water partition coefficient (Wildman–Crippen LogP) is 4.12. The van der Waals surface area contributed by atoms with Gasteiger partial charge in [0.25, 0.3) is 5.91 Å². The van der Waals surface area contributed by atoms with Crippen LogP contribution in [-0.2, 0) is 0 Å². The SMILES string of the molecule is O=C(NN=Cc1cccc(Cl)c1Cl)c1ccc(Cl)cc1O. The number of halogens is 3. The van der Waals surface area contributed by atoms with Gasteiger partial charge in [0.2, 0.25) is 0 Å². The third kappa shape index (κ3) is 3.88. The number of benzene rings is 2. The number of nitrogens with one attached hydrogen (secondary N) is 1. The molecule has 0 aliphatic heterocycles. The van der Waals surface area contributed by atoms with Gasteiger partial charge in [0, 0.05) is 10.6 Å². The average molecular weight is 344 g/mol. The zero-order valence-corrected chi connectivity index (χ0v) is 12.7. The maximum atomic E-state index is 11.8. The molecule has 0 unspecified atom stereocenters. The van der Waals surface area contributed by atoms with Gasteiger partial charge < -0.3 is 5.11 Å². The van der Waals surface area contributed by atoms with Crippen molar-refractivity contribution in [1.82, 2.24) is 5.43 Å². The molecule has 0 aliphatic carbocycles. The van der Waals surface area contributed by atoms with E-state index in [1.165, 1.54) is 24.4 Å². The topological polar surface area (TPSA) is 61.7 Å². The second-order valence-electron chi connectivity index (χ2n) is 4.00. The van der Waals surface area contributed by atoms with E-state index < -0.39 is 5.91 Å². The summed E-state index contributed by atoms with van der Waals surface area (Å²) in [6, 6.07) is 9.22. The summed E-state index contributed by atoms with van der Waals surface area (Å²) in [5.41, 5.74) is 2.90. The van der Waals surface area contributed by atoms with Crippen LogP contribution in [0.3, 0.4) is 0 Å². The molecule has 0 bridgehead atoms. The molecule has 0 aromatic heterocycles. The molecule has 0 radical (unpaired) electrons. The Balaban J connectivity index is 2.10. The number of amides is 1. The first-order valence-electron chi connectivity index (χ1n) is 5.75. The molecule has 2 N–H and O–H groups in total. The first-order valence-corrected chi connectivity index (χ1v) is 6.88. The number of hydrogen-bond donors (Lipinski definition) is 2. The van der Waals surface area contributed by atoms with Gasteiger partial charge in [0.15, 0.2) is 0 Å². The molecule has 0 fully saturated rings. The highest BCUT2D eigenvalue weighted by molar-refractivity contribution is 6.43. The Kier molecular flexibility index (Phi) is 5.07. The minimum atomic E-state index is -0.571. The van der Waals surface area contributed by atoms with E-state index in [-0.39, 0.29) is 11.3 Å². The molecular weight excluding hydrogens is 335 g/mol. The van der Waals surface area contributed by atoms with Crippen molar-refractivity contribution in [2.24, 2.45) is 5.10 Å². The maximum Gasteiger partial charge on any atom is 0.275 e. The standard InChI is InChI=1S/C14H9Cl3N2O2/c15-9-4-5-10(12(20)6-9)14(21)19-18-7-8-2-1-3-11(16)13(8)17/h1-7,20H,(H,19,21). The molecule has 21 heavy (non-hydrogen) atoms. The fourth-order valence-corrected chi connectivity index (χ4v) is 2.06. The quantitative estimate of drug-likeness (QED) is 0.650. The number of carbonyl (C=O) groups excluding carboxylic acids is 1. The monoisotopic (exact) mass is 342 g/mol. The van der Waals surface area contributed by atoms with Gasteiger partial charge in [0.05, 0.1) is 21.8 Å². The highest BCUT2D eigenvalue weighted by Gasteiger charge is 2.10. The average Bonchev–Trinajstić information content (AvgIpc) is 2.43. The fraction of sp³-hybridized carbons (Fsp3) is 0. The fourth-order valence-electron chi connectivity index (χ4n) is 1.54. The minimum Gasteiger partial charge on any atom is -0.507 e. The molecule has 1 amide bonds. The Morgan fingerprint density at radius 1 is 1.19 bits per heavy atom. The molecule has 0 aliphatic rings. The van der Waals surface area contributed by atoms with E-state index in [1.54, 1.807) is 18.2 Å². The molecule has 2 aromatic rings. The summed E-state index contributed by atoms with van der Waals surface area (Å²) in [7, 11) is 0. The van der Waals surface area contributed by atoms with E-state index in [4.69, 9.17) is 34.8 Å². The predicted molar refractivity (Wildman–Crippen MR) is 84.6 cm³/mol. The number of rotatable bonds is 3. The van der Waals surface area contributed by atoms with Crippen LogP contribution < -0.4 is 5.43 Å². The highest BCUT2D eigenvalue weighted by atomic mass is 35.5. The van der Waals surface area contributed by atoms with Gasteiger partial charge in [-0.05, 0) is 24.3 Å². The number of phenols is 1. The van der Waals surface area contributed by atoms with Crippen LogP contribution >= 0.6 is 34.8 Å². The van der Waals surface area contributed by atoms with Crippen molar-refractivity contribution in [1.29, 1.82) is 0 Å². The van der Waals surface area contributed by atoms with Gasteiger partial charge in [-0.1, -0.05) is 46.9 Å². The van der Waals surface area contributed by atoms with E-state index in [9.17, 15) is 9.90 Å². The van der Waals surface area contributed by atoms with E-state index in [0.29, 0.717) is 20.6 Å². The summed E-state index contributed by atoms with van der Waals surface area (Å²) < 4.78 is 0. The summed E-state index contributed by atoms with van der Waals surface area (Å²) >= 11 is 17.5. The Morgan fingerprint density at radius 2 is 1.95 bits per heavy atom. The maximum absolute atomic E-state index is 11.8. The first kappa shape index (κ1) is 15.6. The number of nitrogens with zero attached hydrogens (tertiary/aromatic N) is 1. The molecule has 2 aromatic carbocycles. The van der Waals surface area contributed by atoms with E-state index in [0.717, 1.165) is 0 Å². The molecule has 0 saturated carbocycles. The number of hydrazone groups is 1. The Bertz CT molecular complexity index is 717.